The minimum atomic E-state index is -0.407. The van der Waals surface area contributed by atoms with Crippen molar-refractivity contribution >= 4 is 6.03 Å². The SMILES string of the molecule is Cc1ccccc1.NC(=O)N1CN1. The van der Waals surface area contributed by atoms with E-state index < -0.39 is 6.03 Å². The number of hydrazine groups is 1. The van der Waals surface area contributed by atoms with Crippen molar-refractivity contribution in [3.63, 3.8) is 0 Å². The number of carbonyl (C=O) groups is 1. The lowest BCUT2D eigenvalue weighted by molar-refractivity contribution is 0.235. The molecule has 1 aliphatic heterocycles. The number of amides is 2. The highest BCUT2D eigenvalue weighted by molar-refractivity contribution is 5.72. The van der Waals surface area contributed by atoms with Crippen LogP contribution >= 0.6 is 0 Å². The van der Waals surface area contributed by atoms with Crippen molar-refractivity contribution in [2.75, 3.05) is 6.67 Å². The minimum Gasteiger partial charge on any atom is -0.350 e. The molecule has 1 aromatic carbocycles. The van der Waals surface area contributed by atoms with Crippen LogP contribution in [0.5, 0.6) is 0 Å². The zero-order valence-electron chi connectivity index (χ0n) is 7.53. The molecule has 0 bridgehead atoms. The van der Waals surface area contributed by atoms with Gasteiger partial charge in [-0.1, -0.05) is 35.9 Å². The van der Waals surface area contributed by atoms with E-state index in [4.69, 9.17) is 5.73 Å². The lowest BCUT2D eigenvalue weighted by Crippen LogP contribution is -2.20. The van der Waals surface area contributed by atoms with Gasteiger partial charge in [0.25, 0.3) is 0 Å². The Balaban J connectivity index is 0.000000132. The van der Waals surface area contributed by atoms with Gasteiger partial charge in [0.05, 0.1) is 0 Å². The van der Waals surface area contributed by atoms with Gasteiger partial charge in [-0.15, -0.1) is 0 Å². The van der Waals surface area contributed by atoms with Crippen molar-refractivity contribution in [1.82, 2.24) is 10.4 Å². The predicted molar refractivity (Wildman–Crippen MR) is 50.6 cm³/mol. The molecule has 70 valence electrons. The topological polar surface area (TPSA) is 68.0 Å². The lowest BCUT2D eigenvalue weighted by Gasteiger charge is -1.83. The van der Waals surface area contributed by atoms with Crippen LogP contribution in [0.3, 0.4) is 0 Å². The van der Waals surface area contributed by atoms with Gasteiger partial charge in [-0.3, -0.25) is 0 Å². The molecule has 0 aromatic heterocycles. The van der Waals surface area contributed by atoms with Crippen LogP contribution in [-0.4, -0.2) is 17.7 Å². The number of aryl methyl sites for hydroxylation is 1. The number of hydrogen-bond acceptors (Lipinski definition) is 2. The summed E-state index contributed by atoms with van der Waals surface area (Å²) < 4.78 is 0. The van der Waals surface area contributed by atoms with Crippen molar-refractivity contribution in [1.29, 1.82) is 0 Å². The largest absolute Gasteiger partial charge is 0.350 e. The number of hydrogen-bond donors (Lipinski definition) is 2. The average Bonchev–Trinajstić information content (AvgIpc) is 2.88. The van der Waals surface area contributed by atoms with Crippen LogP contribution in [0.4, 0.5) is 4.79 Å². The van der Waals surface area contributed by atoms with E-state index in [-0.39, 0.29) is 0 Å². The Morgan fingerprint density at radius 1 is 1.46 bits per heavy atom. The standard InChI is InChI=1S/C7H8.C2H5N3O/c1-7-5-3-2-4-6-7;3-2(6)5-1-4-5/h2-6H,1H3;4H,1H2,(H2,3,6). The molecule has 2 amide bonds. The summed E-state index contributed by atoms with van der Waals surface area (Å²) in [5.41, 5.74) is 8.64. The Morgan fingerprint density at radius 2 is 2.00 bits per heavy atom. The monoisotopic (exact) mass is 179 g/mol. The smallest absolute Gasteiger partial charge is 0.330 e. The van der Waals surface area contributed by atoms with Gasteiger partial charge in [0.1, 0.15) is 6.67 Å². The molecule has 2 rings (SSSR count). The van der Waals surface area contributed by atoms with E-state index >= 15 is 0 Å². The zero-order valence-corrected chi connectivity index (χ0v) is 7.53. The summed E-state index contributed by atoms with van der Waals surface area (Å²) in [6.07, 6.45) is 0. The molecule has 1 fully saturated rings. The Morgan fingerprint density at radius 3 is 2.15 bits per heavy atom. The molecule has 4 nitrogen and oxygen atoms in total. The highest BCUT2D eigenvalue weighted by Gasteiger charge is 2.19. The number of rotatable bonds is 0. The molecule has 0 unspecified atom stereocenters. The third kappa shape index (κ3) is 4.12. The molecule has 1 aliphatic rings. The lowest BCUT2D eigenvalue weighted by atomic mass is 10.2. The van der Waals surface area contributed by atoms with Crippen molar-refractivity contribution in [2.45, 2.75) is 6.92 Å². The summed E-state index contributed by atoms with van der Waals surface area (Å²) in [5, 5.41) is 1.31. The number of nitrogens with zero attached hydrogens (tertiary/aromatic N) is 1. The van der Waals surface area contributed by atoms with E-state index in [1.54, 1.807) is 0 Å². The van der Waals surface area contributed by atoms with Gasteiger partial charge >= 0.3 is 6.03 Å². The Labute approximate surface area is 77.3 Å². The summed E-state index contributed by atoms with van der Waals surface area (Å²) >= 11 is 0. The summed E-state index contributed by atoms with van der Waals surface area (Å²) in [7, 11) is 0. The quantitative estimate of drug-likeness (QED) is 0.579. The second-order valence-electron chi connectivity index (χ2n) is 2.74. The fourth-order valence-corrected chi connectivity index (χ4v) is 0.726. The van der Waals surface area contributed by atoms with E-state index in [1.807, 2.05) is 18.2 Å². The Hall–Kier alpha value is -1.55. The van der Waals surface area contributed by atoms with Gasteiger partial charge in [0, 0.05) is 0 Å². The van der Waals surface area contributed by atoms with Gasteiger partial charge in [-0.05, 0) is 6.92 Å². The Kier molecular flexibility index (Phi) is 3.28. The molecular weight excluding hydrogens is 166 g/mol. The van der Waals surface area contributed by atoms with Crippen LogP contribution in [-0.2, 0) is 0 Å². The molecule has 0 aliphatic carbocycles. The van der Waals surface area contributed by atoms with Crippen LogP contribution in [0.25, 0.3) is 0 Å². The highest BCUT2D eigenvalue weighted by atomic mass is 16.2. The fourth-order valence-electron chi connectivity index (χ4n) is 0.726. The van der Waals surface area contributed by atoms with Crippen molar-refractivity contribution in [3.05, 3.63) is 35.9 Å². The van der Waals surface area contributed by atoms with Crippen LogP contribution < -0.4 is 11.2 Å². The van der Waals surface area contributed by atoms with E-state index in [1.165, 1.54) is 10.6 Å². The van der Waals surface area contributed by atoms with E-state index in [0.29, 0.717) is 6.67 Å². The molecule has 4 heteroatoms. The first-order valence-corrected chi connectivity index (χ1v) is 4.02. The molecule has 0 radical (unpaired) electrons. The first kappa shape index (κ1) is 9.54. The van der Waals surface area contributed by atoms with Gasteiger partial charge in [0.2, 0.25) is 0 Å². The average molecular weight is 179 g/mol. The molecule has 0 atom stereocenters. The van der Waals surface area contributed by atoms with Crippen molar-refractivity contribution < 1.29 is 4.79 Å². The van der Waals surface area contributed by atoms with Gasteiger partial charge in [0.15, 0.2) is 0 Å². The maximum absolute atomic E-state index is 9.85. The summed E-state index contributed by atoms with van der Waals surface area (Å²) in [4.78, 5) is 9.85. The van der Waals surface area contributed by atoms with Crippen LogP contribution in [0.15, 0.2) is 30.3 Å². The third-order valence-electron chi connectivity index (χ3n) is 1.52. The van der Waals surface area contributed by atoms with Crippen molar-refractivity contribution in [2.24, 2.45) is 5.73 Å². The molecule has 13 heavy (non-hydrogen) atoms. The van der Waals surface area contributed by atoms with Crippen LogP contribution in [0.2, 0.25) is 0 Å². The predicted octanol–water partition coefficient (Wildman–Crippen LogP) is 0.838. The van der Waals surface area contributed by atoms with E-state index in [0.717, 1.165) is 0 Å². The van der Waals surface area contributed by atoms with E-state index in [2.05, 4.69) is 24.5 Å². The number of nitrogens with one attached hydrogen (secondary N) is 1. The van der Waals surface area contributed by atoms with Crippen LogP contribution in [0.1, 0.15) is 5.56 Å². The number of urea groups is 1. The fraction of sp³-hybridized carbons (Fsp3) is 0.222. The van der Waals surface area contributed by atoms with Crippen LogP contribution in [0, 0.1) is 6.92 Å². The first-order chi connectivity index (χ1) is 6.20. The Bertz CT molecular complexity index is 269. The molecule has 0 spiro atoms. The maximum Gasteiger partial charge on any atom is 0.330 e. The first-order valence-electron chi connectivity index (χ1n) is 4.02. The number of primary amides is 1. The van der Waals surface area contributed by atoms with Crippen molar-refractivity contribution in [3.8, 4) is 0 Å². The minimum absolute atomic E-state index is 0.407. The highest BCUT2D eigenvalue weighted by Crippen LogP contribution is 1.92. The number of nitrogens with two attached hydrogens (primary N) is 1. The summed E-state index contributed by atoms with van der Waals surface area (Å²) in [6, 6.07) is 9.85. The second kappa shape index (κ2) is 4.47. The van der Waals surface area contributed by atoms with Gasteiger partial charge in [-0.25, -0.2) is 15.2 Å². The molecule has 1 heterocycles. The van der Waals surface area contributed by atoms with E-state index in [9.17, 15) is 4.79 Å². The molecule has 0 saturated carbocycles. The normalized spacial score (nSPS) is 12.8. The summed E-state index contributed by atoms with van der Waals surface area (Å²) in [5.74, 6) is 0. The molecular formula is C9H13N3O. The third-order valence-corrected chi connectivity index (χ3v) is 1.52. The van der Waals surface area contributed by atoms with Gasteiger partial charge in [-0.2, -0.15) is 0 Å². The number of carbonyl (C=O) groups excluding carboxylic acids is 1. The zero-order chi connectivity index (χ0) is 9.68. The molecule has 1 aromatic rings. The number of benzene rings is 1. The maximum atomic E-state index is 9.85. The summed E-state index contributed by atoms with van der Waals surface area (Å²) in [6.45, 7) is 2.69. The second-order valence-corrected chi connectivity index (χ2v) is 2.74. The van der Waals surface area contributed by atoms with Gasteiger partial charge < -0.3 is 5.73 Å². The molecule has 1 saturated heterocycles. The molecule has 3 N–H and O–H groups in total.